The molecule has 3 aromatic rings. The molecule has 0 aliphatic carbocycles. The van der Waals surface area contributed by atoms with Crippen LogP contribution >= 0.6 is 0 Å². The molecule has 2 fully saturated rings. The maximum atomic E-state index is 9.46. The van der Waals surface area contributed by atoms with Crippen LogP contribution in [0.3, 0.4) is 0 Å². The van der Waals surface area contributed by atoms with Crippen LogP contribution in [0.5, 0.6) is 0 Å². The maximum Gasteiger partial charge on any atom is 0.185 e. The Kier molecular flexibility index (Phi) is 7.99. The summed E-state index contributed by atoms with van der Waals surface area (Å²) in [7, 11) is 0. The number of rotatable bonds is 7. The van der Waals surface area contributed by atoms with Gasteiger partial charge in [-0.3, -0.25) is 9.80 Å². The minimum atomic E-state index is -0.475. The quantitative estimate of drug-likeness (QED) is 0.482. The van der Waals surface area contributed by atoms with Crippen molar-refractivity contribution in [2.24, 2.45) is 5.92 Å². The average Bonchev–Trinajstić information content (AvgIpc) is 2.91. The fraction of sp³-hybridized carbons (Fsp3) is 0.400. The molecule has 190 valence electrons. The Morgan fingerprint density at radius 2 is 1.53 bits per heavy atom. The number of piperazine rings is 1. The fourth-order valence-corrected chi connectivity index (χ4v) is 5.26. The molecule has 5 rings (SSSR count). The summed E-state index contributed by atoms with van der Waals surface area (Å²) in [5, 5.41) is 9.46. The number of aliphatic hydroxyl groups excluding tert-OH is 1. The van der Waals surface area contributed by atoms with E-state index in [1.54, 1.807) is 0 Å². The summed E-state index contributed by atoms with van der Waals surface area (Å²) in [6.07, 6.45) is -0.563. The maximum absolute atomic E-state index is 9.46. The van der Waals surface area contributed by atoms with Gasteiger partial charge in [-0.2, -0.15) is 0 Å². The molecule has 2 aliphatic heterocycles. The Labute approximate surface area is 214 Å². The second-order valence-corrected chi connectivity index (χ2v) is 10.1. The third kappa shape index (κ3) is 5.97. The monoisotopic (exact) mass is 487 g/mol. The number of nitrogen functional groups attached to an aromatic ring is 1. The van der Waals surface area contributed by atoms with E-state index in [0.717, 1.165) is 56.0 Å². The summed E-state index contributed by atoms with van der Waals surface area (Å²) in [6.45, 7) is 8.29. The molecule has 0 spiro atoms. The van der Waals surface area contributed by atoms with Crippen molar-refractivity contribution in [3.05, 3.63) is 101 Å². The minimum absolute atomic E-state index is 0.0216. The van der Waals surface area contributed by atoms with Crippen LogP contribution in [0.2, 0.25) is 0 Å². The first-order chi connectivity index (χ1) is 17.6. The van der Waals surface area contributed by atoms with Crippen LogP contribution in [0.25, 0.3) is 0 Å². The highest BCUT2D eigenvalue weighted by atomic mass is 16.7. The van der Waals surface area contributed by atoms with Crippen molar-refractivity contribution < 1.29 is 14.6 Å². The van der Waals surface area contributed by atoms with E-state index >= 15 is 0 Å². The number of nitrogens with two attached hydrogens (primary N) is 1. The van der Waals surface area contributed by atoms with Gasteiger partial charge in [0, 0.05) is 56.4 Å². The van der Waals surface area contributed by atoms with Crippen LogP contribution in [-0.4, -0.2) is 53.7 Å². The van der Waals surface area contributed by atoms with Gasteiger partial charge in [0.15, 0.2) is 6.29 Å². The molecule has 6 nitrogen and oxygen atoms in total. The van der Waals surface area contributed by atoms with Gasteiger partial charge in [-0.25, -0.2) is 0 Å². The molecule has 2 aliphatic rings. The highest BCUT2D eigenvalue weighted by Crippen LogP contribution is 2.42. The SMILES string of the molecule is C[C@H]1[C@@H](CN2CCN(Cc3ccccc3)CC2)O[C@@H](c2cccc(N)c2)O[C@H]1c1ccc(CO)cc1. The lowest BCUT2D eigenvalue weighted by Crippen LogP contribution is -2.51. The third-order valence-electron chi connectivity index (χ3n) is 7.46. The summed E-state index contributed by atoms with van der Waals surface area (Å²) in [4.78, 5) is 5.05. The standard InChI is InChI=1S/C30H37N3O3/c1-22-28(20-33-16-14-32(15-17-33)19-23-6-3-2-4-7-23)35-30(26-8-5-9-27(31)18-26)36-29(22)25-12-10-24(21-34)11-13-25/h2-13,18,22,28-30,34H,14-17,19-21,31H2,1H3/t22-,28+,29+,30+/m0/s1. The zero-order valence-corrected chi connectivity index (χ0v) is 21.0. The predicted molar refractivity (Wildman–Crippen MR) is 142 cm³/mol. The van der Waals surface area contributed by atoms with Crippen molar-refractivity contribution in [1.29, 1.82) is 0 Å². The molecule has 0 bridgehead atoms. The van der Waals surface area contributed by atoms with Crippen LogP contribution < -0.4 is 5.73 Å². The second kappa shape index (κ2) is 11.5. The molecule has 0 radical (unpaired) electrons. The zero-order valence-electron chi connectivity index (χ0n) is 21.0. The Bertz CT molecular complexity index is 1100. The summed E-state index contributed by atoms with van der Waals surface area (Å²) in [5.41, 5.74) is 11.1. The van der Waals surface area contributed by atoms with E-state index in [0.29, 0.717) is 5.69 Å². The van der Waals surface area contributed by atoms with Gasteiger partial charge in [0.05, 0.1) is 18.8 Å². The molecule has 3 aromatic carbocycles. The van der Waals surface area contributed by atoms with Gasteiger partial charge < -0.3 is 20.3 Å². The molecule has 2 saturated heterocycles. The Hall–Kier alpha value is -2.74. The summed E-state index contributed by atoms with van der Waals surface area (Å²) < 4.78 is 13.1. The van der Waals surface area contributed by atoms with Crippen LogP contribution in [0.1, 0.15) is 41.6 Å². The smallest absolute Gasteiger partial charge is 0.185 e. The van der Waals surface area contributed by atoms with Gasteiger partial charge >= 0.3 is 0 Å². The van der Waals surface area contributed by atoms with E-state index < -0.39 is 6.29 Å². The van der Waals surface area contributed by atoms with Crippen LogP contribution in [0, 0.1) is 5.92 Å². The molecule has 2 heterocycles. The largest absolute Gasteiger partial charge is 0.399 e. The molecular weight excluding hydrogens is 450 g/mol. The van der Waals surface area contributed by atoms with Crippen LogP contribution in [0.4, 0.5) is 5.69 Å². The lowest BCUT2D eigenvalue weighted by atomic mass is 9.90. The molecule has 0 aromatic heterocycles. The van der Waals surface area contributed by atoms with Crippen LogP contribution in [0.15, 0.2) is 78.9 Å². The third-order valence-corrected chi connectivity index (χ3v) is 7.46. The van der Waals surface area contributed by atoms with E-state index in [1.807, 2.05) is 36.4 Å². The van der Waals surface area contributed by atoms with E-state index in [9.17, 15) is 5.11 Å². The number of hydrogen-bond donors (Lipinski definition) is 2. The summed E-state index contributed by atoms with van der Waals surface area (Å²) in [6, 6.07) is 26.5. The van der Waals surface area contributed by atoms with E-state index in [1.165, 1.54) is 5.56 Å². The second-order valence-electron chi connectivity index (χ2n) is 10.1. The first-order valence-electron chi connectivity index (χ1n) is 12.9. The van der Waals surface area contributed by atoms with Crippen molar-refractivity contribution in [2.75, 3.05) is 38.5 Å². The van der Waals surface area contributed by atoms with Crippen LogP contribution in [-0.2, 0) is 22.6 Å². The van der Waals surface area contributed by atoms with Gasteiger partial charge in [-0.15, -0.1) is 0 Å². The van der Waals surface area contributed by atoms with Crippen molar-refractivity contribution in [2.45, 2.75) is 38.6 Å². The van der Waals surface area contributed by atoms with Crippen molar-refractivity contribution >= 4 is 5.69 Å². The van der Waals surface area contributed by atoms with Crippen molar-refractivity contribution in [3.63, 3.8) is 0 Å². The number of hydrogen-bond acceptors (Lipinski definition) is 6. The Morgan fingerprint density at radius 1 is 0.806 bits per heavy atom. The van der Waals surface area contributed by atoms with E-state index in [-0.39, 0.29) is 24.7 Å². The highest BCUT2D eigenvalue weighted by Gasteiger charge is 2.39. The Morgan fingerprint density at radius 3 is 2.22 bits per heavy atom. The molecule has 6 heteroatoms. The first kappa shape index (κ1) is 24.9. The molecule has 3 N–H and O–H groups in total. The van der Waals surface area contributed by atoms with Crippen molar-refractivity contribution in [1.82, 2.24) is 9.80 Å². The number of ether oxygens (including phenoxy) is 2. The minimum Gasteiger partial charge on any atom is -0.399 e. The first-order valence-corrected chi connectivity index (χ1v) is 12.9. The topological polar surface area (TPSA) is 71.2 Å². The predicted octanol–water partition coefficient (Wildman–Crippen LogP) is 4.37. The summed E-state index contributed by atoms with van der Waals surface area (Å²) in [5.74, 6) is 0.171. The normalized spacial score (nSPS) is 25.6. The number of nitrogens with zero attached hydrogens (tertiary/aromatic N) is 2. The molecule has 0 unspecified atom stereocenters. The van der Waals surface area contributed by atoms with Gasteiger partial charge in [0.1, 0.15) is 0 Å². The fourth-order valence-electron chi connectivity index (χ4n) is 5.26. The zero-order chi connectivity index (χ0) is 24.9. The average molecular weight is 488 g/mol. The van der Waals surface area contributed by atoms with Gasteiger partial charge in [-0.05, 0) is 28.8 Å². The molecule has 36 heavy (non-hydrogen) atoms. The van der Waals surface area contributed by atoms with Crippen molar-refractivity contribution in [3.8, 4) is 0 Å². The molecule has 0 saturated carbocycles. The Balaban J connectivity index is 1.28. The van der Waals surface area contributed by atoms with Gasteiger partial charge in [-0.1, -0.05) is 73.7 Å². The lowest BCUT2D eigenvalue weighted by Gasteiger charge is -2.44. The van der Waals surface area contributed by atoms with Gasteiger partial charge in [0.2, 0.25) is 0 Å². The summed E-state index contributed by atoms with van der Waals surface area (Å²) >= 11 is 0. The number of aliphatic hydroxyl groups is 1. The molecular formula is C30H37N3O3. The van der Waals surface area contributed by atoms with Gasteiger partial charge in [0.25, 0.3) is 0 Å². The molecule has 0 amide bonds. The van der Waals surface area contributed by atoms with E-state index in [4.69, 9.17) is 15.2 Å². The lowest BCUT2D eigenvalue weighted by molar-refractivity contribution is -0.276. The highest BCUT2D eigenvalue weighted by molar-refractivity contribution is 5.41. The number of anilines is 1. The number of benzene rings is 3. The molecule has 4 atom stereocenters. The van der Waals surface area contributed by atoms with E-state index in [2.05, 4.69) is 59.2 Å².